The van der Waals surface area contributed by atoms with Crippen molar-refractivity contribution in [2.75, 3.05) is 0 Å². The van der Waals surface area contributed by atoms with Gasteiger partial charge in [-0.2, -0.15) is 0 Å². The van der Waals surface area contributed by atoms with E-state index in [4.69, 9.17) is 0 Å². The predicted octanol–water partition coefficient (Wildman–Crippen LogP) is 1.86. The molecule has 0 atom stereocenters. The third kappa shape index (κ3) is 4.20. The van der Waals surface area contributed by atoms with Crippen LogP contribution in [-0.4, -0.2) is 3.90 Å². The summed E-state index contributed by atoms with van der Waals surface area (Å²) in [5, 5.41) is 0. The van der Waals surface area contributed by atoms with Gasteiger partial charge in [0, 0.05) is 0 Å². The Morgan fingerprint density at radius 2 is 2.38 bits per heavy atom. The fraction of sp³-hybridized carbons (Fsp3) is 0.286. The van der Waals surface area contributed by atoms with Crippen LogP contribution in [0.4, 0.5) is 0 Å². The number of rotatable bonds is 3. The summed E-state index contributed by atoms with van der Waals surface area (Å²) in [5.74, 6) is 0. The monoisotopic (exact) mass is 278 g/mol. The van der Waals surface area contributed by atoms with Crippen molar-refractivity contribution in [2.45, 2.75) is 13.3 Å². The van der Waals surface area contributed by atoms with Crippen LogP contribution >= 0.6 is 0 Å². The Labute approximate surface area is 61.7 Å². The van der Waals surface area contributed by atoms with Crippen molar-refractivity contribution in [3.63, 3.8) is 0 Å². The van der Waals surface area contributed by atoms with Crippen molar-refractivity contribution in [1.29, 1.82) is 0 Å². The van der Waals surface area contributed by atoms with Gasteiger partial charge in [0.05, 0.1) is 0 Å². The van der Waals surface area contributed by atoms with Gasteiger partial charge in [-0.05, 0) is 0 Å². The third-order valence-electron chi connectivity index (χ3n) is 0.767. The van der Waals surface area contributed by atoms with Gasteiger partial charge < -0.3 is 0 Å². The summed E-state index contributed by atoms with van der Waals surface area (Å²) < 4.78 is 1.48. The van der Waals surface area contributed by atoms with Crippen LogP contribution < -0.4 is 0 Å². The van der Waals surface area contributed by atoms with E-state index in [1.54, 1.807) is 25.4 Å². The van der Waals surface area contributed by atoms with Crippen molar-refractivity contribution in [3.05, 3.63) is 24.8 Å². The van der Waals surface area contributed by atoms with Gasteiger partial charge in [0.1, 0.15) is 0 Å². The molecule has 0 radical (unpaired) electrons. The normalized spacial score (nSPS) is 9.62. The Morgan fingerprint density at radius 1 is 1.75 bits per heavy atom. The van der Waals surface area contributed by atoms with Crippen molar-refractivity contribution < 1.29 is 19.4 Å². The van der Waals surface area contributed by atoms with Crippen LogP contribution in [0.5, 0.6) is 0 Å². The zero-order chi connectivity index (χ0) is 6.41. The second-order valence-corrected chi connectivity index (χ2v) is 3.30. The van der Waals surface area contributed by atoms with Gasteiger partial charge in [0.25, 0.3) is 0 Å². The average Bonchev–Trinajstić information content (AvgIpc) is 1.83. The Morgan fingerprint density at radius 3 is 2.75 bits per heavy atom. The van der Waals surface area contributed by atoms with Gasteiger partial charge in [-0.15, -0.1) is 0 Å². The van der Waals surface area contributed by atoms with E-state index in [1.807, 2.05) is 6.08 Å². The van der Waals surface area contributed by atoms with E-state index in [0.29, 0.717) is 0 Å². The molecule has 0 heterocycles. The molecule has 0 aliphatic rings. The third-order valence-corrected chi connectivity index (χ3v) is 2.29. The van der Waals surface area contributed by atoms with Crippen LogP contribution in [0.25, 0.3) is 0 Å². The SMILES string of the molecule is C=CC=C[C](=[W])CC. The second-order valence-electron chi connectivity index (χ2n) is 1.41. The molecule has 0 nitrogen and oxygen atoms in total. The minimum absolute atomic E-state index is 1.17. The summed E-state index contributed by atoms with van der Waals surface area (Å²) in [6, 6.07) is 0. The van der Waals surface area contributed by atoms with Crippen LogP contribution in [0.15, 0.2) is 24.8 Å². The molecule has 0 aliphatic carbocycles. The summed E-state index contributed by atoms with van der Waals surface area (Å²) in [5.41, 5.74) is 0. The summed E-state index contributed by atoms with van der Waals surface area (Å²) in [6.07, 6.45) is 7.06. The molecule has 0 aromatic heterocycles. The van der Waals surface area contributed by atoms with Crippen LogP contribution in [0.1, 0.15) is 13.3 Å². The minimum atomic E-state index is 1.17. The first-order valence-electron chi connectivity index (χ1n) is 2.63. The van der Waals surface area contributed by atoms with E-state index >= 15 is 0 Å². The van der Waals surface area contributed by atoms with E-state index in [2.05, 4.69) is 19.6 Å². The standard InChI is InChI=1S/C7H10.W/c1-3-5-7-6-4-2;/h3,5,7H,1,4H2,2H3;. The Kier molecular flexibility index (Phi) is 5.21. The molecule has 0 N–H and O–H groups in total. The molecule has 0 fully saturated rings. The number of allylic oxidation sites excluding steroid dienone is 3. The van der Waals surface area contributed by atoms with Crippen LogP contribution in [0.2, 0.25) is 0 Å². The van der Waals surface area contributed by atoms with Gasteiger partial charge in [-0.25, -0.2) is 0 Å². The molecule has 8 heavy (non-hydrogen) atoms. The summed E-state index contributed by atoms with van der Waals surface area (Å²) in [7, 11) is 0. The summed E-state index contributed by atoms with van der Waals surface area (Å²) >= 11 is 1.56. The maximum absolute atomic E-state index is 3.58. The average molecular weight is 278 g/mol. The molecule has 0 saturated carbocycles. The van der Waals surface area contributed by atoms with Gasteiger partial charge >= 0.3 is 61.4 Å². The number of hydrogen-bond acceptors (Lipinski definition) is 0. The molecule has 0 rings (SSSR count). The van der Waals surface area contributed by atoms with Crippen molar-refractivity contribution in [1.82, 2.24) is 0 Å². The Balaban J connectivity index is 3.52. The molecule has 0 spiro atoms. The first-order chi connectivity index (χ1) is 3.81. The molecule has 0 aromatic carbocycles. The molecule has 1 heteroatoms. The van der Waals surface area contributed by atoms with Crippen molar-refractivity contribution in [2.24, 2.45) is 0 Å². The van der Waals surface area contributed by atoms with E-state index in [-0.39, 0.29) is 0 Å². The fourth-order valence-electron chi connectivity index (χ4n) is 0.293. The Bertz CT molecular complexity index is 112. The zero-order valence-corrected chi connectivity index (χ0v) is 7.99. The summed E-state index contributed by atoms with van der Waals surface area (Å²) in [6.45, 7) is 5.74. The first-order valence-corrected chi connectivity index (χ1v) is 4.10. The van der Waals surface area contributed by atoms with Gasteiger partial charge in [-0.3, -0.25) is 0 Å². The van der Waals surface area contributed by atoms with Crippen LogP contribution in [0, 0.1) is 0 Å². The topological polar surface area (TPSA) is 0 Å². The molecular formula is C7H10W. The Hall–Kier alpha value is 0.0383. The quantitative estimate of drug-likeness (QED) is 0.691. The van der Waals surface area contributed by atoms with E-state index in [9.17, 15) is 0 Å². The summed E-state index contributed by atoms with van der Waals surface area (Å²) in [4.78, 5) is 0. The molecule has 0 aliphatic heterocycles. The maximum atomic E-state index is 3.58. The van der Waals surface area contributed by atoms with Crippen LogP contribution in [0.3, 0.4) is 0 Å². The van der Waals surface area contributed by atoms with Crippen molar-refractivity contribution >= 4 is 3.90 Å². The van der Waals surface area contributed by atoms with Crippen LogP contribution in [-0.2, 0) is 19.4 Å². The molecule has 44 valence electrons. The van der Waals surface area contributed by atoms with E-state index < -0.39 is 0 Å². The van der Waals surface area contributed by atoms with E-state index in [1.165, 1.54) is 10.3 Å². The fourth-order valence-corrected chi connectivity index (χ4v) is 0.575. The van der Waals surface area contributed by atoms with Gasteiger partial charge in [0.15, 0.2) is 0 Å². The molecular weight excluding hydrogens is 268 g/mol. The first kappa shape index (κ1) is 8.04. The molecule has 0 bridgehead atoms. The van der Waals surface area contributed by atoms with Gasteiger partial charge in [-0.1, -0.05) is 0 Å². The second kappa shape index (κ2) is 5.18. The van der Waals surface area contributed by atoms with Gasteiger partial charge in [0.2, 0.25) is 0 Å². The molecule has 0 saturated heterocycles. The number of hydrogen-bond donors (Lipinski definition) is 0. The molecule has 0 amide bonds. The zero-order valence-electron chi connectivity index (χ0n) is 5.05. The molecule has 0 aromatic rings. The van der Waals surface area contributed by atoms with E-state index in [0.717, 1.165) is 0 Å². The predicted molar refractivity (Wildman–Crippen MR) is 34.6 cm³/mol. The molecule has 0 unspecified atom stereocenters. The van der Waals surface area contributed by atoms with Crippen molar-refractivity contribution in [3.8, 4) is 0 Å².